The molecule has 0 saturated carbocycles. The van der Waals surface area contributed by atoms with Crippen LogP contribution in [-0.2, 0) is 17.8 Å². The highest BCUT2D eigenvalue weighted by atomic mass is 16.5. The van der Waals surface area contributed by atoms with Gasteiger partial charge in [-0.2, -0.15) is 5.10 Å². The molecular weight excluding hydrogens is 424 g/mol. The van der Waals surface area contributed by atoms with E-state index in [1.54, 1.807) is 0 Å². The molecule has 0 aliphatic carbocycles. The number of hydrogen-bond acceptors (Lipinski definition) is 4. The molecule has 6 heteroatoms. The lowest BCUT2D eigenvalue weighted by molar-refractivity contribution is -0.116. The van der Waals surface area contributed by atoms with Crippen LogP contribution in [0, 0.1) is 0 Å². The molecule has 0 bridgehead atoms. The molecule has 0 unspecified atom stereocenters. The van der Waals surface area contributed by atoms with Gasteiger partial charge < -0.3 is 15.0 Å². The summed E-state index contributed by atoms with van der Waals surface area (Å²) in [5, 5.41) is 8.63. The minimum Gasteiger partial charge on any atom is -0.457 e. The molecule has 1 saturated heterocycles. The first-order valence-corrected chi connectivity index (χ1v) is 12.0. The molecule has 0 spiro atoms. The summed E-state index contributed by atoms with van der Waals surface area (Å²) >= 11 is 0. The van der Waals surface area contributed by atoms with Crippen LogP contribution in [0.5, 0.6) is 11.5 Å². The molecule has 1 amide bonds. The third kappa shape index (κ3) is 5.64. The van der Waals surface area contributed by atoms with Gasteiger partial charge in [0.25, 0.3) is 0 Å². The first-order chi connectivity index (χ1) is 16.7. The standard InChI is InChI=1S/C28H30N4O2/c33-28(15-10-22-8-12-26(13-9-22)34-25-6-2-1-3-7-25)30-24-11-14-27-23(20-24)21-29-32(27)19-18-31-16-4-5-17-31/h1-3,6-9,11-14,20-21H,4-5,10,15-19H2,(H,30,33). The molecule has 0 radical (unpaired) electrons. The number of fused-ring (bicyclic) bond motifs is 1. The predicted octanol–water partition coefficient (Wildman–Crippen LogP) is 5.50. The summed E-state index contributed by atoms with van der Waals surface area (Å²) in [5.74, 6) is 1.60. The second-order valence-corrected chi connectivity index (χ2v) is 8.80. The summed E-state index contributed by atoms with van der Waals surface area (Å²) in [5.41, 5.74) is 3.02. The maximum absolute atomic E-state index is 12.5. The van der Waals surface area contributed by atoms with Gasteiger partial charge in [0.2, 0.25) is 5.91 Å². The molecule has 174 valence electrons. The number of likely N-dealkylation sites (tertiary alicyclic amines) is 1. The Morgan fingerprint density at radius 1 is 0.912 bits per heavy atom. The summed E-state index contributed by atoms with van der Waals surface area (Å²) in [4.78, 5) is 15.0. The molecule has 1 fully saturated rings. The Bertz CT molecular complexity index is 1230. The van der Waals surface area contributed by atoms with Crippen LogP contribution in [-0.4, -0.2) is 40.2 Å². The van der Waals surface area contributed by atoms with Crippen molar-refractivity contribution in [2.75, 3.05) is 25.0 Å². The van der Waals surface area contributed by atoms with Gasteiger partial charge in [-0.15, -0.1) is 0 Å². The minimum absolute atomic E-state index is 0.00499. The molecule has 5 rings (SSSR count). The van der Waals surface area contributed by atoms with Gasteiger partial charge in [-0.25, -0.2) is 0 Å². The van der Waals surface area contributed by atoms with Gasteiger partial charge in [0.1, 0.15) is 11.5 Å². The van der Waals surface area contributed by atoms with Crippen molar-refractivity contribution in [1.82, 2.24) is 14.7 Å². The Kier molecular flexibility index (Phi) is 6.86. The highest BCUT2D eigenvalue weighted by molar-refractivity contribution is 5.93. The Balaban J connectivity index is 1.12. The van der Waals surface area contributed by atoms with E-state index in [4.69, 9.17) is 4.74 Å². The second-order valence-electron chi connectivity index (χ2n) is 8.80. The monoisotopic (exact) mass is 454 g/mol. The summed E-state index contributed by atoms with van der Waals surface area (Å²) in [7, 11) is 0. The van der Waals surface area contributed by atoms with Gasteiger partial charge in [0.15, 0.2) is 0 Å². The summed E-state index contributed by atoms with van der Waals surface area (Å²) in [6, 6.07) is 23.6. The number of nitrogens with one attached hydrogen (secondary N) is 1. The lowest BCUT2D eigenvalue weighted by Crippen LogP contribution is -2.24. The Morgan fingerprint density at radius 3 is 2.47 bits per heavy atom. The van der Waals surface area contributed by atoms with Crippen molar-refractivity contribution in [3.8, 4) is 11.5 Å². The number of rotatable bonds is 9. The topological polar surface area (TPSA) is 59.4 Å². The maximum atomic E-state index is 12.5. The zero-order valence-corrected chi connectivity index (χ0v) is 19.3. The smallest absolute Gasteiger partial charge is 0.224 e. The van der Waals surface area contributed by atoms with Crippen LogP contribution in [0.15, 0.2) is 79.0 Å². The molecule has 4 aromatic rings. The number of hydrogen-bond donors (Lipinski definition) is 1. The van der Waals surface area contributed by atoms with Gasteiger partial charge in [-0.1, -0.05) is 30.3 Å². The van der Waals surface area contributed by atoms with Gasteiger partial charge >= 0.3 is 0 Å². The molecule has 1 N–H and O–H groups in total. The van der Waals surface area contributed by atoms with E-state index < -0.39 is 0 Å². The maximum Gasteiger partial charge on any atom is 0.224 e. The molecule has 34 heavy (non-hydrogen) atoms. The van der Waals surface area contributed by atoms with E-state index in [0.717, 1.165) is 46.7 Å². The largest absolute Gasteiger partial charge is 0.457 e. The van der Waals surface area contributed by atoms with Crippen LogP contribution in [0.2, 0.25) is 0 Å². The van der Waals surface area contributed by atoms with Crippen molar-refractivity contribution in [2.24, 2.45) is 0 Å². The van der Waals surface area contributed by atoms with Gasteiger partial charge in [0.05, 0.1) is 18.3 Å². The molecule has 1 aromatic heterocycles. The summed E-state index contributed by atoms with van der Waals surface area (Å²) in [6.45, 7) is 4.32. The normalized spacial score (nSPS) is 13.9. The number of amides is 1. The fourth-order valence-electron chi connectivity index (χ4n) is 4.42. The fourth-order valence-corrected chi connectivity index (χ4v) is 4.42. The molecule has 1 aliphatic heterocycles. The minimum atomic E-state index is 0.00499. The van der Waals surface area contributed by atoms with Gasteiger partial charge in [-0.05, 0) is 80.4 Å². The number of ether oxygens (including phenoxy) is 1. The van der Waals surface area contributed by atoms with Crippen molar-refractivity contribution in [3.05, 3.63) is 84.6 Å². The summed E-state index contributed by atoms with van der Waals surface area (Å²) in [6.07, 6.45) is 5.59. The predicted molar refractivity (Wildman–Crippen MR) is 135 cm³/mol. The number of nitrogens with zero attached hydrogens (tertiary/aromatic N) is 3. The van der Waals surface area contributed by atoms with Crippen LogP contribution in [0.25, 0.3) is 10.9 Å². The second kappa shape index (κ2) is 10.5. The third-order valence-corrected chi connectivity index (χ3v) is 6.30. The quantitative estimate of drug-likeness (QED) is 0.363. The van der Waals surface area contributed by atoms with Gasteiger partial charge in [0, 0.05) is 24.0 Å². The van der Waals surface area contributed by atoms with Gasteiger partial charge in [-0.3, -0.25) is 9.48 Å². The number of benzene rings is 3. The van der Waals surface area contributed by atoms with E-state index >= 15 is 0 Å². The van der Waals surface area contributed by atoms with Crippen LogP contribution in [0.1, 0.15) is 24.8 Å². The van der Waals surface area contributed by atoms with Crippen LogP contribution >= 0.6 is 0 Å². The Labute approximate surface area is 200 Å². The first kappa shape index (κ1) is 22.2. The fraction of sp³-hybridized carbons (Fsp3) is 0.286. The molecule has 1 aliphatic rings. The molecule has 0 atom stereocenters. The lowest BCUT2D eigenvalue weighted by atomic mass is 10.1. The van der Waals surface area contributed by atoms with Crippen molar-refractivity contribution in [1.29, 1.82) is 0 Å². The number of aryl methyl sites for hydroxylation is 1. The zero-order chi connectivity index (χ0) is 23.2. The number of carbonyl (C=O) groups excluding carboxylic acids is 1. The van der Waals surface area contributed by atoms with E-state index in [9.17, 15) is 4.79 Å². The highest BCUT2D eigenvalue weighted by Gasteiger charge is 2.12. The van der Waals surface area contributed by atoms with Crippen LogP contribution in [0.4, 0.5) is 5.69 Å². The van der Waals surface area contributed by atoms with E-state index in [1.807, 2.05) is 79.0 Å². The Hall–Kier alpha value is -3.64. The number of anilines is 1. The van der Waals surface area contributed by atoms with Crippen molar-refractivity contribution >= 4 is 22.5 Å². The molecule has 6 nitrogen and oxygen atoms in total. The third-order valence-electron chi connectivity index (χ3n) is 6.30. The van der Waals surface area contributed by atoms with Crippen LogP contribution < -0.4 is 10.1 Å². The average molecular weight is 455 g/mol. The van der Waals surface area contributed by atoms with Crippen molar-refractivity contribution in [2.45, 2.75) is 32.2 Å². The zero-order valence-electron chi connectivity index (χ0n) is 19.3. The number of carbonyl (C=O) groups is 1. The molecule has 2 heterocycles. The summed E-state index contributed by atoms with van der Waals surface area (Å²) < 4.78 is 7.89. The molecular formula is C28H30N4O2. The van der Waals surface area contributed by atoms with E-state index in [1.165, 1.54) is 25.9 Å². The van der Waals surface area contributed by atoms with E-state index in [2.05, 4.69) is 20.0 Å². The highest BCUT2D eigenvalue weighted by Crippen LogP contribution is 2.22. The SMILES string of the molecule is O=C(CCc1ccc(Oc2ccccc2)cc1)Nc1ccc2c(cnn2CCN2CCCC2)c1. The molecule has 3 aromatic carbocycles. The van der Waals surface area contributed by atoms with Crippen molar-refractivity contribution < 1.29 is 9.53 Å². The Morgan fingerprint density at radius 2 is 1.68 bits per heavy atom. The number of para-hydroxylation sites is 1. The first-order valence-electron chi connectivity index (χ1n) is 12.0. The van der Waals surface area contributed by atoms with E-state index in [0.29, 0.717) is 12.8 Å². The van der Waals surface area contributed by atoms with Crippen LogP contribution in [0.3, 0.4) is 0 Å². The number of aromatic nitrogens is 2. The average Bonchev–Trinajstić information content (AvgIpc) is 3.53. The lowest BCUT2D eigenvalue weighted by Gasteiger charge is -2.14. The van der Waals surface area contributed by atoms with E-state index in [-0.39, 0.29) is 5.91 Å². The van der Waals surface area contributed by atoms with Crippen molar-refractivity contribution in [3.63, 3.8) is 0 Å².